The summed E-state index contributed by atoms with van der Waals surface area (Å²) in [6, 6.07) is 23.1. The van der Waals surface area contributed by atoms with Crippen LogP contribution in [0.1, 0.15) is 22.3 Å². The van der Waals surface area contributed by atoms with Gasteiger partial charge in [-0.05, 0) is 35.4 Å². The summed E-state index contributed by atoms with van der Waals surface area (Å²) in [5, 5.41) is 0.997. The third kappa shape index (κ3) is 4.29. The van der Waals surface area contributed by atoms with E-state index in [4.69, 9.17) is 34.7 Å². The molecule has 0 aliphatic rings. The number of hydrogen-bond donors (Lipinski definition) is 2. The Labute approximate surface area is 163 Å². The Kier molecular flexibility index (Phi) is 5.67. The number of benzene rings is 3. The molecule has 26 heavy (non-hydrogen) atoms. The Morgan fingerprint density at radius 1 is 0.615 bits per heavy atom. The van der Waals surface area contributed by atoms with Crippen LogP contribution < -0.4 is 11.5 Å². The fourth-order valence-corrected chi connectivity index (χ4v) is 3.15. The zero-order chi connectivity index (χ0) is 18.5. The Morgan fingerprint density at radius 3 is 1.31 bits per heavy atom. The highest BCUT2D eigenvalue weighted by atomic mass is 35.5. The number of hydrogen-bond acceptors (Lipinski definition) is 2. The first-order valence-corrected chi connectivity index (χ1v) is 8.84. The van der Waals surface area contributed by atoms with E-state index in [1.54, 1.807) is 12.1 Å². The molecule has 2 nitrogen and oxygen atoms in total. The summed E-state index contributed by atoms with van der Waals surface area (Å²) in [5.74, 6) is 0. The molecule has 0 bridgehead atoms. The molecule has 3 aromatic rings. The molecule has 0 saturated carbocycles. The first kappa shape index (κ1) is 18.1. The van der Waals surface area contributed by atoms with Crippen LogP contribution in [0.15, 0.2) is 72.8 Å². The van der Waals surface area contributed by atoms with E-state index >= 15 is 0 Å². The Balaban J connectivity index is 1.96. The van der Waals surface area contributed by atoms with Crippen molar-refractivity contribution in [1.82, 2.24) is 0 Å². The van der Waals surface area contributed by atoms with Crippen LogP contribution in [0.25, 0.3) is 23.5 Å². The molecule has 0 atom stereocenters. The van der Waals surface area contributed by atoms with E-state index in [0.717, 1.165) is 11.1 Å². The van der Waals surface area contributed by atoms with Gasteiger partial charge in [0.05, 0.1) is 10.0 Å². The molecule has 0 amide bonds. The van der Waals surface area contributed by atoms with Crippen LogP contribution in [0.2, 0.25) is 10.0 Å². The van der Waals surface area contributed by atoms with E-state index in [9.17, 15) is 0 Å². The van der Waals surface area contributed by atoms with Crippen LogP contribution in [-0.2, 0) is 0 Å². The topological polar surface area (TPSA) is 52.0 Å². The second-order valence-electron chi connectivity index (χ2n) is 5.83. The summed E-state index contributed by atoms with van der Waals surface area (Å²) in [6.07, 6.45) is 3.72. The van der Waals surface area contributed by atoms with Gasteiger partial charge in [0.1, 0.15) is 0 Å². The van der Waals surface area contributed by atoms with Gasteiger partial charge in [-0.1, -0.05) is 83.9 Å². The molecule has 0 heterocycles. The molecule has 0 aromatic heterocycles. The van der Waals surface area contributed by atoms with Crippen LogP contribution in [0, 0.1) is 0 Å². The standard InChI is InChI=1S/C22H18Cl2N2/c23-19-14-18(22(26)12-16-9-5-2-6-10-16)20(24)13-17(19)21(25)11-15-7-3-1-4-8-15/h1-14H,25-26H2. The lowest BCUT2D eigenvalue weighted by Gasteiger charge is -2.11. The maximum absolute atomic E-state index is 6.45. The van der Waals surface area contributed by atoms with E-state index in [0.29, 0.717) is 32.6 Å². The zero-order valence-corrected chi connectivity index (χ0v) is 15.5. The van der Waals surface area contributed by atoms with Crippen molar-refractivity contribution in [3.05, 3.63) is 105 Å². The summed E-state index contributed by atoms with van der Waals surface area (Å²) in [5.41, 5.74) is 16.9. The van der Waals surface area contributed by atoms with Gasteiger partial charge in [0.15, 0.2) is 0 Å². The summed E-state index contributed by atoms with van der Waals surface area (Å²) in [4.78, 5) is 0. The van der Waals surface area contributed by atoms with Gasteiger partial charge in [0.2, 0.25) is 0 Å². The molecule has 3 aromatic carbocycles. The van der Waals surface area contributed by atoms with E-state index < -0.39 is 0 Å². The van der Waals surface area contributed by atoms with Crippen molar-refractivity contribution in [1.29, 1.82) is 0 Å². The van der Waals surface area contributed by atoms with Crippen LogP contribution in [0.4, 0.5) is 0 Å². The predicted octanol–water partition coefficient (Wildman–Crippen LogP) is 5.91. The highest BCUT2D eigenvalue weighted by Crippen LogP contribution is 2.32. The largest absolute Gasteiger partial charge is 0.398 e. The Morgan fingerprint density at radius 2 is 0.962 bits per heavy atom. The van der Waals surface area contributed by atoms with Crippen molar-refractivity contribution in [2.75, 3.05) is 0 Å². The molecule has 3 rings (SSSR count). The van der Waals surface area contributed by atoms with Crippen molar-refractivity contribution < 1.29 is 0 Å². The first-order chi connectivity index (χ1) is 12.5. The second-order valence-corrected chi connectivity index (χ2v) is 6.65. The maximum Gasteiger partial charge on any atom is 0.0506 e. The van der Waals surface area contributed by atoms with Crippen molar-refractivity contribution in [2.24, 2.45) is 11.5 Å². The Hall–Kier alpha value is -2.68. The Bertz CT molecular complexity index is 881. The number of nitrogens with two attached hydrogens (primary N) is 2. The van der Waals surface area contributed by atoms with E-state index in [2.05, 4.69) is 0 Å². The van der Waals surface area contributed by atoms with Crippen molar-refractivity contribution in [2.45, 2.75) is 0 Å². The van der Waals surface area contributed by atoms with Crippen molar-refractivity contribution >= 4 is 46.7 Å². The van der Waals surface area contributed by atoms with Crippen molar-refractivity contribution in [3.63, 3.8) is 0 Å². The molecule has 0 spiro atoms. The molecule has 4 N–H and O–H groups in total. The second kappa shape index (κ2) is 8.13. The quantitative estimate of drug-likeness (QED) is 0.552. The monoisotopic (exact) mass is 380 g/mol. The fourth-order valence-electron chi connectivity index (χ4n) is 2.60. The lowest BCUT2D eigenvalue weighted by Crippen LogP contribution is -2.01. The van der Waals surface area contributed by atoms with E-state index in [-0.39, 0.29) is 0 Å². The first-order valence-electron chi connectivity index (χ1n) is 8.09. The van der Waals surface area contributed by atoms with Gasteiger partial charge in [0.25, 0.3) is 0 Å². The van der Waals surface area contributed by atoms with Gasteiger partial charge in [-0.25, -0.2) is 0 Å². The van der Waals surface area contributed by atoms with Gasteiger partial charge < -0.3 is 11.5 Å². The minimum Gasteiger partial charge on any atom is -0.398 e. The lowest BCUT2D eigenvalue weighted by molar-refractivity contribution is 1.47. The number of rotatable bonds is 4. The highest BCUT2D eigenvalue weighted by Gasteiger charge is 2.11. The van der Waals surface area contributed by atoms with Crippen LogP contribution in [0.3, 0.4) is 0 Å². The molecule has 4 heteroatoms. The minimum absolute atomic E-state index is 0.499. The average Bonchev–Trinajstić information content (AvgIpc) is 2.64. The van der Waals surface area contributed by atoms with Crippen LogP contribution in [-0.4, -0.2) is 0 Å². The number of halogens is 2. The van der Waals surface area contributed by atoms with Gasteiger partial charge in [0, 0.05) is 22.5 Å². The molecule has 130 valence electrons. The van der Waals surface area contributed by atoms with E-state index in [1.165, 1.54) is 0 Å². The third-order valence-electron chi connectivity index (χ3n) is 3.92. The average molecular weight is 381 g/mol. The normalized spacial score (nSPS) is 12.2. The summed E-state index contributed by atoms with van der Waals surface area (Å²) in [7, 11) is 0. The van der Waals surface area contributed by atoms with Crippen LogP contribution in [0.5, 0.6) is 0 Å². The SMILES string of the molecule is NC(=Cc1ccccc1)c1cc(Cl)c(C(N)=Cc2ccccc2)cc1Cl. The molecular formula is C22H18Cl2N2. The van der Waals surface area contributed by atoms with E-state index in [1.807, 2.05) is 72.8 Å². The molecule has 0 unspecified atom stereocenters. The molecule has 0 aliphatic carbocycles. The summed E-state index contributed by atoms with van der Waals surface area (Å²) < 4.78 is 0. The third-order valence-corrected chi connectivity index (χ3v) is 4.55. The smallest absolute Gasteiger partial charge is 0.0506 e. The summed E-state index contributed by atoms with van der Waals surface area (Å²) >= 11 is 12.9. The zero-order valence-electron chi connectivity index (χ0n) is 14.0. The molecule has 0 saturated heterocycles. The summed E-state index contributed by atoms with van der Waals surface area (Å²) in [6.45, 7) is 0. The highest BCUT2D eigenvalue weighted by molar-refractivity contribution is 6.36. The van der Waals surface area contributed by atoms with Crippen LogP contribution >= 0.6 is 23.2 Å². The fraction of sp³-hybridized carbons (Fsp3) is 0. The van der Waals surface area contributed by atoms with Gasteiger partial charge >= 0.3 is 0 Å². The molecule has 0 radical (unpaired) electrons. The molecule has 0 aliphatic heterocycles. The minimum atomic E-state index is 0.499. The maximum atomic E-state index is 6.45. The van der Waals surface area contributed by atoms with Gasteiger partial charge in [-0.15, -0.1) is 0 Å². The molecule has 0 fully saturated rings. The van der Waals surface area contributed by atoms with Gasteiger partial charge in [-0.3, -0.25) is 0 Å². The lowest BCUT2D eigenvalue weighted by atomic mass is 10.0. The molecular weight excluding hydrogens is 363 g/mol. The van der Waals surface area contributed by atoms with Gasteiger partial charge in [-0.2, -0.15) is 0 Å². The predicted molar refractivity (Wildman–Crippen MR) is 113 cm³/mol. The van der Waals surface area contributed by atoms with Crippen molar-refractivity contribution in [3.8, 4) is 0 Å².